The summed E-state index contributed by atoms with van der Waals surface area (Å²) in [5.41, 5.74) is -0.0501. The van der Waals surface area contributed by atoms with Gasteiger partial charge in [-0.05, 0) is 30.9 Å². The second-order valence-corrected chi connectivity index (χ2v) is 7.67. The van der Waals surface area contributed by atoms with Gasteiger partial charge in [0, 0.05) is 45.1 Å². The van der Waals surface area contributed by atoms with Crippen LogP contribution in [0.2, 0.25) is 0 Å². The third-order valence-electron chi connectivity index (χ3n) is 5.90. The molecular weight excluding hydrogens is 355 g/mol. The van der Waals surface area contributed by atoms with Gasteiger partial charge in [0.15, 0.2) is 5.96 Å². The van der Waals surface area contributed by atoms with E-state index in [2.05, 4.69) is 15.2 Å². The number of nitrogens with zero attached hydrogens (tertiary/aromatic N) is 2. The average molecular weight is 383 g/mol. The van der Waals surface area contributed by atoms with E-state index in [1.54, 1.807) is 14.2 Å². The normalized spacial score (nSPS) is 22.6. The fourth-order valence-electron chi connectivity index (χ4n) is 4.17. The molecule has 1 heterocycles. The van der Waals surface area contributed by atoms with Crippen LogP contribution in [0.5, 0.6) is 0 Å². The molecule has 1 unspecified atom stereocenters. The van der Waals surface area contributed by atoms with E-state index in [4.69, 9.17) is 4.74 Å². The van der Waals surface area contributed by atoms with Crippen LogP contribution >= 0.6 is 0 Å². The Morgan fingerprint density at radius 3 is 2.74 bits per heavy atom. The van der Waals surface area contributed by atoms with Gasteiger partial charge in [-0.3, -0.25) is 4.99 Å². The zero-order valence-electron chi connectivity index (χ0n) is 16.0. The lowest BCUT2D eigenvalue weighted by atomic mass is 9.64. The van der Waals surface area contributed by atoms with Gasteiger partial charge in [0.2, 0.25) is 0 Å². The quantitative estimate of drug-likeness (QED) is 0.623. The minimum Gasteiger partial charge on any atom is -0.384 e. The Morgan fingerprint density at radius 2 is 2.15 bits per heavy atom. The number of hydrogen-bond acceptors (Lipinski definition) is 2. The summed E-state index contributed by atoms with van der Waals surface area (Å²) in [5, 5.41) is 3.43. The molecule has 4 nitrogen and oxygen atoms in total. The number of alkyl halides is 3. The molecule has 1 aromatic carbocycles. The van der Waals surface area contributed by atoms with Gasteiger partial charge in [0.1, 0.15) is 0 Å². The van der Waals surface area contributed by atoms with Crippen LogP contribution in [0.1, 0.15) is 36.8 Å². The number of benzene rings is 1. The Labute approximate surface area is 158 Å². The smallest absolute Gasteiger partial charge is 0.384 e. The van der Waals surface area contributed by atoms with Crippen LogP contribution in [0.25, 0.3) is 0 Å². The van der Waals surface area contributed by atoms with Gasteiger partial charge in [-0.25, -0.2) is 0 Å². The Morgan fingerprint density at radius 1 is 1.37 bits per heavy atom. The van der Waals surface area contributed by atoms with Crippen LogP contribution in [0.15, 0.2) is 29.3 Å². The molecular formula is C20H28F3N3O. The first-order chi connectivity index (χ1) is 12.9. The average Bonchev–Trinajstić information content (AvgIpc) is 3.05. The number of likely N-dealkylation sites (tertiary alicyclic amines) is 1. The van der Waals surface area contributed by atoms with Crippen LogP contribution in [0, 0.1) is 5.92 Å². The van der Waals surface area contributed by atoms with E-state index >= 15 is 0 Å². The summed E-state index contributed by atoms with van der Waals surface area (Å²) >= 11 is 0. The number of nitrogens with one attached hydrogen (secondary N) is 1. The highest BCUT2D eigenvalue weighted by atomic mass is 19.4. The van der Waals surface area contributed by atoms with E-state index in [1.807, 2.05) is 6.07 Å². The zero-order chi connectivity index (χ0) is 19.5. The van der Waals surface area contributed by atoms with E-state index in [0.29, 0.717) is 12.5 Å². The minimum absolute atomic E-state index is 0.247. The minimum atomic E-state index is -4.31. The van der Waals surface area contributed by atoms with Gasteiger partial charge in [-0.1, -0.05) is 24.6 Å². The maximum absolute atomic E-state index is 13.1. The fraction of sp³-hybridized carbons (Fsp3) is 0.650. The standard InChI is InChI=1S/C20H28F3N3O/c1-24-18(26-10-7-15(12-26)13-27-2)25-14-19(8-4-9-19)16-5-3-6-17(11-16)20(21,22)23/h3,5-6,11,15H,4,7-10,12-14H2,1-2H3,(H,24,25). The molecule has 1 aliphatic heterocycles. The summed E-state index contributed by atoms with van der Waals surface area (Å²) in [7, 11) is 3.47. The Hall–Kier alpha value is -1.76. The van der Waals surface area contributed by atoms with Crippen molar-refractivity contribution in [1.29, 1.82) is 0 Å². The molecule has 27 heavy (non-hydrogen) atoms. The molecule has 7 heteroatoms. The highest BCUT2D eigenvalue weighted by molar-refractivity contribution is 5.80. The molecule has 3 rings (SSSR count). The summed E-state index contributed by atoms with van der Waals surface area (Å²) in [6.45, 7) is 3.16. The predicted molar refractivity (Wildman–Crippen MR) is 99.9 cm³/mol. The first-order valence-corrected chi connectivity index (χ1v) is 9.50. The van der Waals surface area contributed by atoms with Crippen LogP contribution in [0.4, 0.5) is 13.2 Å². The van der Waals surface area contributed by atoms with Gasteiger partial charge in [0.25, 0.3) is 0 Å². The monoisotopic (exact) mass is 383 g/mol. The van der Waals surface area contributed by atoms with Crippen molar-refractivity contribution in [3.8, 4) is 0 Å². The number of rotatable bonds is 5. The van der Waals surface area contributed by atoms with Crippen molar-refractivity contribution in [2.24, 2.45) is 10.9 Å². The lowest BCUT2D eigenvalue weighted by Gasteiger charge is -2.43. The molecule has 0 radical (unpaired) electrons. The molecule has 0 bridgehead atoms. The molecule has 2 aliphatic rings. The van der Waals surface area contributed by atoms with Crippen LogP contribution < -0.4 is 5.32 Å². The lowest BCUT2D eigenvalue weighted by molar-refractivity contribution is -0.137. The van der Waals surface area contributed by atoms with E-state index in [1.165, 1.54) is 12.1 Å². The number of hydrogen-bond donors (Lipinski definition) is 1. The van der Waals surface area contributed by atoms with E-state index in [-0.39, 0.29) is 5.41 Å². The van der Waals surface area contributed by atoms with Crippen molar-refractivity contribution < 1.29 is 17.9 Å². The summed E-state index contributed by atoms with van der Waals surface area (Å²) in [5.74, 6) is 1.32. The van der Waals surface area contributed by atoms with Gasteiger partial charge in [-0.2, -0.15) is 13.2 Å². The summed E-state index contributed by atoms with van der Waals surface area (Å²) in [6.07, 6.45) is -0.422. The highest BCUT2D eigenvalue weighted by Crippen LogP contribution is 2.44. The van der Waals surface area contributed by atoms with Crippen molar-refractivity contribution in [2.75, 3.05) is 40.4 Å². The predicted octanol–water partition coefficient (Wildman–Crippen LogP) is 3.67. The number of aliphatic imine (C=N–C) groups is 1. The number of ether oxygens (including phenoxy) is 1. The van der Waals surface area contributed by atoms with Crippen molar-refractivity contribution in [2.45, 2.75) is 37.3 Å². The van der Waals surface area contributed by atoms with E-state index < -0.39 is 11.7 Å². The summed E-state index contributed by atoms with van der Waals surface area (Å²) in [6, 6.07) is 5.79. The molecule has 1 atom stereocenters. The largest absolute Gasteiger partial charge is 0.416 e. The molecule has 1 aliphatic carbocycles. The van der Waals surface area contributed by atoms with E-state index in [9.17, 15) is 13.2 Å². The highest BCUT2D eigenvalue weighted by Gasteiger charge is 2.41. The van der Waals surface area contributed by atoms with Gasteiger partial charge < -0.3 is 15.0 Å². The second kappa shape index (κ2) is 8.09. The van der Waals surface area contributed by atoms with Crippen molar-refractivity contribution in [3.05, 3.63) is 35.4 Å². The summed E-state index contributed by atoms with van der Waals surface area (Å²) in [4.78, 5) is 6.60. The van der Waals surface area contributed by atoms with Crippen LogP contribution in [0.3, 0.4) is 0 Å². The van der Waals surface area contributed by atoms with E-state index in [0.717, 1.165) is 63.0 Å². The third kappa shape index (κ3) is 4.39. The van der Waals surface area contributed by atoms with Gasteiger partial charge in [0.05, 0.1) is 12.2 Å². The topological polar surface area (TPSA) is 36.9 Å². The molecule has 0 amide bonds. The number of methoxy groups -OCH3 is 1. The molecule has 1 saturated carbocycles. The molecule has 0 spiro atoms. The van der Waals surface area contributed by atoms with Gasteiger partial charge >= 0.3 is 6.18 Å². The fourth-order valence-corrected chi connectivity index (χ4v) is 4.17. The first kappa shape index (κ1) is 20.0. The molecule has 150 valence electrons. The Bertz CT molecular complexity index is 671. The SMILES string of the molecule is CN=C(NCC1(c2cccc(C(F)(F)F)c2)CCC1)N1CCC(COC)C1. The number of halogens is 3. The molecule has 1 aromatic rings. The zero-order valence-corrected chi connectivity index (χ0v) is 16.0. The van der Waals surface area contributed by atoms with Crippen molar-refractivity contribution in [3.63, 3.8) is 0 Å². The van der Waals surface area contributed by atoms with Crippen molar-refractivity contribution in [1.82, 2.24) is 10.2 Å². The molecule has 2 fully saturated rings. The Kier molecular flexibility index (Phi) is 5.99. The van der Waals surface area contributed by atoms with Gasteiger partial charge in [-0.15, -0.1) is 0 Å². The Balaban J connectivity index is 1.68. The van der Waals surface area contributed by atoms with Crippen LogP contribution in [-0.2, 0) is 16.3 Å². The summed E-state index contributed by atoms with van der Waals surface area (Å²) < 4.78 is 44.5. The second-order valence-electron chi connectivity index (χ2n) is 7.67. The maximum Gasteiger partial charge on any atom is 0.416 e. The maximum atomic E-state index is 13.1. The first-order valence-electron chi connectivity index (χ1n) is 9.50. The lowest BCUT2D eigenvalue weighted by Crippen LogP contribution is -2.49. The molecule has 1 saturated heterocycles. The van der Waals surface area contributed by atoms with Crippen molar-refractivity contribution >= 4 is 5.96 Å². The number of guanidine groups is 1. The van der Waals surface area contributed by atoms with Crippen LogP contribution in [-0.4, -0.2) is 51.3 Å². The third-order valence-corrected chi connectivity index (χ3v) is 5.90. The molecule has 0 aromatic heterocycles. The molecule has 1 N–H and O–H groups in total.